The summed E-state index contributed by atoms with van der Waals surface area (Å²) in [6.07, 6.45) is -5.40. The Bertz CT molecular complexity index is 3800. The van der Waals surface area contributed by atoms with Gasteiger partial charge in [0.1, 0.15) is 64.3 Å². The monoisotopic (exact) mass is 1610 g/mol. The number of benzene rings is 6. The minimum Gasteiger partial charge on any atom is -0.508 e. The summed E-state index contributed by atoms with van der Waals surface area (Å²) in [6, 6.07) is 32.9. The predicted molar refractivity (Wildman–Crippen MR) is 353 cm³/mol. The minimum absolute atomic E-state index is 0. The molecule has 5 aliphatic heterocycles. The van der Waals surface area contributed by atoms with Gasteiger partial charge in [0.15, 0.2) is 47.2 Å². The van der Waals surface area contributed by atoms with Gasteiger partial charge in [-0.2, -0.15) is 8.86 Å². The number of aromatic hydroxyl groups is 8. The van der Waals surface area contributed by atoms with E-state index in [2.05, 4.69) is 56.8 Å². The summed E-state index contributed by atoms with van der Waals surface area (Å²) in [6.45, 7) is 2.64. The number of phenolic OH excluding ortho intramolecular Hbond substituents is 8. The predicted octanol–water partition coefficient (Wildman–Crippen LogP) is 8.20. The number of hydrogen-bond acceptors (Lipinski definition) is 27. The Morgan fingerprint density at radius 3 is 1.43 bits per heavy atom. The largest absolute Gasteiger partial charge is 0.508 e. The second kappa shape index (κ2) is 35.2. The van der Waals surface area contributed by atoms with Gasteiger partial charge in [-0.05, 0) is 104 Å². The molecule has 27 nitrogen and oxygen atoms in total. The summed E-state index contributed by atoms with van der Waals surface area (Å²) >= 11 is 4.49. The van der Waals surface area contributed by atoms with Crippen molar-refractivity contribution in [2.75, 3.05) is 19.8 Å². The zero-order chi connectivity index (χ0) is 69.6. The first-order chi connectivity index (χ1) is 45.0. The van der Waals surface area contributed by atoms with E-state index in [0.29, 0.717) is 19.3 Å². The van der Waals surface area contributed by atoms with Crippen molar-refractivity contribution in [2.45, 2.75) is 108 Å². The van der Waals surface area contributed by atoms with Crippen LogP contribution in [-0.4, -0.2) is 162 Å². The number of cyclic esters (lactones) is 3. The Morgan fingerprint density at radius 1 is 0.546 bits per heavy atom. The number of Topliss-reactive ketones (excluding diaryl/α,β-unsaturated/α-hetero) is 1. The third-order valence-corrected chi connectivity index (χ3v) is 14.7. The normalized spacial score (nSPS) is 21.0. The van der Waals surface area contributed by atoms with Crippen LogP contribution < -0.4 is 0 Å². The third-order valence-electron chi connectivity index (χ3n) is 14.7. The van der Waals surface area contributed by atoms with Crippen LogP contribution in [0.15, 0.2) is 162 Å². The average Bonchev–Trinajstić information content (AvgIpc) is 1.60. The van der Waals surface area contributed by atoms with Crippen molar-refractivity contribution >= 4 is 68.9 Å². The fraction of sp³-hybridized carbons (Fsp3) is 0.299. The number of halogens is 2. The van der Waals surface area contributed by atoms with E-state index < -0.39 is 102 Å². The molecule has 0 saturated carbocycles. The molecule has 1 saturated heterocycles. The van der Waals surface area contributed by atoms with Crippen molar-refractivity contribution in [3.8, 4) is 46.0 Å². The van der Waals surface area contributed by atoms with Gasteiger partial charge < -0.3 is 160 Å². The third kappa shape index (κ3) is 20.1. The molecule has 30 heteroatoms. The maximum absolute atomic E-state index is 12.3. The Kier molecular flexibility index (Phi) is 28.8. The van der Waals surface area contributed by atoms with Gasteiger partial charge >= 0.3 is 17.9 Å². The van der Waals surface area contributed by atoms with Gasteiger partial charge in [0.2, 0.25) is 11.5 Å². The van der Waals surface area contributed by atoms with Crippen LogP contribution in [0.1, 0.15) is 77.4 Å². The van der Waals surface area contributed by atoms with E-state index in [1.165, 1.54) is 38.3 Å². The summed E-state index contributed by atoms with van der Waals surface area (Å²) in [5.41, 5.74) is 4.58. The van der Waals surface area contributed by atoms with Crippen LogP contribution >= 0.6 is 45.2 Å². The number of aryl methyl sites for hydroxylation is 4. The Labute approximate surface area is 594 Å². The van der Waals surface area contributed by atoms with Crippen LogP contribution in [0.5, 0.6) is 46.0 Å². The second-order valence-corrected chi connectivity index (χ2v) is 26.9. The first kappa shape index (κ1) is 79.3. The van der Waals surface area contributed by atoms with E-state index in [0.717, 1.165) is 40.5 Å². The molecule has 1 radical (unpaired) electrons. The first-order valence-corrected chi connectivity index (χ1v) is 30.9. The molecule has 0 amide bonds. The molecule has 0 aromatic heterocycles. The minimum atomic E-state index is -1.57. The number of ketones is 1. The van der Waals surface area contributed by atoms with Crippen molar-refractivity contribution in [3.05, 3.63) is 203 Å². The molecule has 8 atom stereocenters. The molecule has 5 heterocycles. The van der Waals surface area contributed by atoms with Gasteiger partial charge in [0, 0.05) is 56.0 Å². The average molecular weight is 1610 g/mol. The number of aliphatic hydroxyl groups excluding tert-OH is 8. The zero-order valence-corrected chi connectivity index (χ0v) is 56.5. The molecule has 0 spiro atoms. The second-order valence-electron chi connectivity index (χ2n) is 21.6. The number of ether oxygens (including phenoxy) is 7. The van der Waals surface area contributed by atoms with Gasteiger partial charge in [-0.15, -0.1) is 0 Å². The van der Waals surface area contributed by atoms with Crippen LogP contribution in [0, 0.1) is 8.86 Å². The van der Waals surface area contributed by atoms with Crippen LogP contribution in [0.2, 0.25) is 0 Å². The van der Waals surface area contributed by atoms with E-state index in [-0.39, 0.29) is 132 Å². The Hall–Kier alpha value is -8.38. The van der Waals surface area contributed by atoms with Crippen molar-refractivity contribution in [2.24, 2.45) is 0 Å². The molecule has 6 aromatic rings. The maximum Gasteiger partial charge on any atom is 0.378 e. The van der Waals surface area contributed by atoms with E-state index in [1.54, 1.807) is 48.5 Å². The van der Waals surface area contributed by atoms with Crippen molar-refractivity contribution in [3.63, 3.8) is 0 Å². The summed E-state index contributed by atoms with van der Waals surface area (Å²) in [7, 11) is 0. The molecule has 521 valence electrons. The zero-order valence-electron chi connectivity index (χ0n) is 50.8. The summed E-state index contributed by atoms with van der Waals surface area (Å²) in [5.74, 6) is -10.4. The Balaban J connectivity index is 0.000000238. The summed E-state index contributed by atoms with van der Waals surface area (Å²) in [4.78, 5) is 46.3. The van der Waals surface area contributed by atoms with Gasteiger partial charge in [-0.3, -0.25) is 4.79 Å². The number of rotatable bonds is 17. The van der Waals surface area contributed by atoms with Gasteiger partial charge in [0.05, 0.1) is 36.5 Å². The van der Waals surface area contributed by atoms with E-state index in [4.69, 9.17) is 59.1 Å². The van der Waals surface area contributed by atoms with Crippen LogP contribution in [0.25, 0.3) is 0 Å². The van der Waals surface area contributed by atoms with Crippen molar-refractivity contribution in [1.82, 2.24) is 0 Å². The standard InChI is InChI=1S/C22H22O8.C21H20O9.C15H14O4.C6H8O6.C2H3I2.CH4.V/c1-12-2-4-13(5-3-12)8-9-22(15-7-6-14(24)10-16(15)25)29-19-18(17(26)11-23)28-21(27)20(19)30-22;22-12-3-1-11(2-4-12)7-8-21(14-6-5-13(23)9-15(14)24)28-10-16(30-21)19-17(25)18(26)20(27)29-19;16-11-4-1-10(2-5-11)3-8-14(18)13-7-6-12(17)9-15(13)19;7-1-2(8)5-3(9)4(10)6(11)12-5;1-2(3)4;;/h2-7,10,17-18,23-26H,8-9,11H2,1H3;1-6,9,16,19,22-26H,7-8,10H2;1-2,4-7,9,16-17,19H,3,8H2;2,5,7-10H,1H2;1H3;1H4;/q;;;;-1;;. The van der Waals surface area contributed by atoms with Gasteiger partial charge in [0.25, 0.3) is 11.5 Å². The van der Waals surface area contributed by atoms with Crippen LogP contribution in [0.3, 0.4) is 0 Å². The smallest absolute Gasteiger partial charge is 0.378 e. The van der Waals surface area contributed by atoms with Gasteiger partial charge in [-0.1, -0.05) is 61.5 Å². The van der Waals surface area contributed by atoms with Crippen molar-refractivity contribution in [1.29, 1.82) is 0 Å². The number of phenols is 8. The number of hydrogen-bond donors (Lipinski definition) is 16. The number of aliphatic hydroxyl groups is 8. The number of esters is 3. The SMILES string of the molecule is C.C[C-](I)I.Cc1ccc(CCC2(c3ccc(O)cc3O)OC3=C(O2)C(C(O)CO)OC3=O)cc1.O=C(CCc1ccc(O)cc1)c1ccc(O)cc1O.O=C1OC(C(O)CO)C(O)=C1O.O=C1OC(C2COC(CCc3ccc(O)cc3)(c3ccc(O)cc3O)O2)C(O)=C1O.[V]. The molecule has 8 unspecified atom stereocenters. The molecule has 0 bridgehead atoms. The van der Waals surface area contributed by atoms with E-state index in [9.17, 15) is 70.2 Å². The molecular formula is C67H71I2O27V-. The van der Waals surface area contributed by atoms with E-state index >= 15 is 0 Å². The van der Waals surface area contributed by atoms with E-state index in [1.807, 2.05) is 31.2 Å². The fourth-order valence-corrected chi connectivity index (χ4v) is 9.86. The number of carbonyl (C=O) groups is 4. The molecule has 1 fully saturated rings. The summed E-state index contributed by atoms with van der Waals surface area (Å²) < 4.78 is 39.6. The van der Waals surface area contributed by atoms with Crippen molar-refractivity contribution < 1.29 is 153 Å². The summed E-state index contributed by atoms with van der Waals surface area (Å²) in [5, 5.41) is 151. The van der Waals surface area contributed by atoms with Crippen LogP contribution in [0.4, 0.5) is 0 Å². The Morgan fingerprint density at radius 2 is 0.969 bits per heavy atom. The topological polar surface area (TPSA) is 457 Å². The molecule has 16 N–H and O–H groups in total. The maximum atomic E-state index is 12.3. The number of carbonyl (C=O) groups excluding carboxylic acids is 4. The first-order valence-electron chi connectivity index (χ1n) is 28.7. The molecule has 6 aromatic carbocycles. The van der Waals surface area contributed by atoms with Crippen LogP contribution in [-0.2, 0) is 96.9 Å². The van der Waals surface area contributed by atoms with Gasteiger partial charge in [-0.25, -0.2) is 14.4 Å². The molecule has 0 aliphatic carbocycles. The molecule has 11 rings (SSSR count). The molecule has 5 aliphatic rings. The quantitative estimate of drug-likeness (QED) is 0.0134. The molecular weight excluding hydrogens is 1540 g/mol. The fourth-order valence-electron chi connectivity index (χ4n) is 9.86. The molecule has 97 heavy (non-hydrogen) atoms.